The smallest absolute Gasteiger partial charge is 0.227 e. The van der Waals surface area contributed by atoms with Gasteiger partial charge in [0.25, 0.3) is 0 Å². The van der Waals surface area contributed by atoms with Crippen molar-refractivity contribution in [2.75, 3.05) is 4.90 Å². The number of furan rings is 1. The van der Waals surface area contributed by atoms with Gasteiger partial charge in [0.05, 0.1) is 11.6 Å². The molecule has 0 aliphatic heterocycles. The molecule has 3 heterocycles. The minimum Gasteiger partial charge on any atom is -0.454 e. The molecule has 0 N–H and O–H groups in total. The normalized spacial score (nSPS) is 11.7. The number of hydrogen-bond acceptors (Lipinski definition) is 6. The monoisotopic (exact) mass is 756 g/mol. The second-order valence-corrected chi connectivity index (χ2v) is 14.9. The van der Waals surface area contributed by atoms with Crippen molar-refractivity contribution in [1.29, 1.82) is 0 Å². The fourth-order valence-electron chi connectivity index (χ4n) is 8.50. The summed E-state index contributed by atoms with van der Waals surface area (Å²) in [7, 11) is 0. The second-order valence-electron chi connectivity index (χ2n) is 14.9. The Morgan fingerprint density at radius 3 is 1.78 bits per heavy atom. The van der Waals surface area contributed by atoms with Gasteiger partial charge in [-0.15, -0.1) is 5.10 Å². The summed E-state index contributed by atoms with van der Waals surface area (Å²) in [6, 6.07) is 66.0. The largest absolute Gasteiger partial charge is 0.454 e. The highest BCUT2D eigenvalue weighted by atomic mass is 16.3. The van der Waals surface area contributed by atoms with Gasteiger partial charge in [0.2, 0.25) is 5.89 Å². The summed E-state index contributed by atoms with van der Waals surface area (Å²) in [6.45, 7) is 0. The molecule has 12 rings (SSSR count). The van der Waals surface area contributed by atoms with Gasteiger partial charge in [-0.3, -0.25) is 0 Å². The number of para-hydroxylation sites is 3. The fourth-order valence-corrected chi connectivity index (χ4v) is 8.50. The number of oxazole rings is 1. The van der Waals surface area contributed by atoms with Crippen LogP contribution < -0.4 is 4.90 Å². The molecule has 59 heavy (non-hydrogen) atoms. The van der Waals surface area contributed by atoms with Crippen LogP contribution in [0.15, 0.2) is 203 Å². The highest BCUT2D eigenvalue weighted by Crippen LogP contribution is 2.41. The van der Waals surface area contributed by atoms with Gasteiger partial charge >= 0.3 is 0 Å². The standard InChI is InChI=1S/C53H32N4O2/c1-2-8-36-29-37(14-13-33(36)7-1)38-21-27-44-39(30-38)15-16-40-31-43(26-28-45(40)44)57(42-24-19-35(20-25-42)53-55-47-10-4-6-12-49(47)59-53)41-22-17-34(18-23-41)52-51-46-9-3-5-11-48(46)58-50(51)32-54-56-52/h1-32H. The number of rotatable bonds is 6. The minimum absolute atomic E-state index is 0.595. The van der Waals surface area contributed by atoms with Gasteiger partial charge in [-0.2, -0.15) is 5.10 Å². The first kappa shape index (κ1) is 33.1. The summed E-state index contributed by atoms with van der Waals surface area (Å²) in [4.78, 5) is 7.03. The third-order valence-electron chi connectivity index (χ3n) is 11.4. The SMILES string of the molecule is c1ccc2cc(-c3ccc4c(ccc5cc(N(c6ccc(-c7nc8ccccc8o7)cc6)c6ccc(-c7nncc8oc9ccccc9c78)cc6)ccc54)c3)ccc2c1. The first-order valence-corrected chi connectivity index (χ1v) is 19.7. The summed E-state index contributed by atoms with van der Waals surface area (Å²) in [5.41, 5.74) is 11.3. The van der Waals surface area contributed by atoms with Crippen LogP contribution in [0.3, 0.4) is 0 Å². The van der Waals surface area contributed by atoms with Crippen molar-refractivity contribution >= 4 is 82.4 Å². The Bertz CT molecular complexity index is 3540. The zero-order chi connectivity index (χ0) is 38.9. The molecule has 3 aromatic heterocycles. The van der Waals surface area contributed by atoms with Crippen LogP contribution in [0.2, 0.25) is 0 Å². The van der Waals surface area contributed by atoms with Crippen molar-refractivity contribution in [2.45, 2.75) is 0 Å². The molecule has 0 bridgehead atoms. The van der Waals surface area contributed by atoms with Gasteiger partial charge in [-0.1, -0.05) is 109 Å². The molecule has 0 aliphatic rings. The molecule has 0 aliphatic carbocycles. The van der Waals surface area contributed by atoms with E-state index in [9.17, 15) is 0 Å². The van der Waals surface area contributed by atoms with Crippen molar-refractivity contribution in [3.8, 4) is 33.8 Å². The summed E-state index contributed by atoms with van der Waals surface area (Å²) >= 11 is 0. The number of anilines is 3. The predicted molar refractivity (Wildman–Crippen MR) is 240 cm³/mol. The van der Waals surface area contributed by atoms with E-state index in [1.807, 2.05) is 42.5 Å². The lowest BCUT2D eigenvalue weighted by Gasteiger charge is -2.26. The molecule has 0 saturated heterocycles. The van der Waals surface area contributed by atoms with E-state index in [0.29, 0.717) is 5.89 Å². The first-order chi connectivity index (χ1) is 29.2. The molecule has 0 unspecified atom stereocenters. The molecule has 276 valence electrons. The second kappa shape index (κ2) is 13.3. The van der Waals surface area contributed by atoms with Crippen LogP contribution in [0.4, 0.5) is 17.1 Å². The molecule has 12 aromatic rings. The fraction of sp³-hybridized carbons (Fsp3) is 0. The van der Waals surface area contributed by atoms with Gasteiger partial charge < -0.3 is 13.7 Å². The van der Waals surface area contributed by atoms with E-state index in [0.717, 1.165) is 72.3 Å². The summed E-state index contributed by atoms with van der Waals surface area (Å²) < 4.78 is 12.3. The molecule has 0 spiro atoms. The molecule has 6 nitrogen and oxygen atoms in total. The Hall–Kier alpha value is -8.09. The molecular weight excluding hydrogens is 725 g/mol. The van der Waals surface area contributed by atoms with Crippen LogP contribution in [0.1, 0.15) is 0 Å². The lowest BCUT2D eigenvalue weighted by Crippen LogP contribution is -2.10. The average Bonchev–Trinajstić information content (AvgIpc) is 3.91. The van der Waals surface area contributed by atoms with E-state index in [1.54, 1.807) is 6.20 Å². The molecule has 6 heteroatoms. The Labute approximate surface area is 338 Å². The lowest BCUT2D eigenvalue weighted by molar-refractivity contribution is 0.620. The lowest BCUT2D eigenvalue weighted by atomic mass is 9.96. The van der Waals surface area contributed by atoms with E-state index in [4.69, 9.17) is 13.8 Å². The highest BCUT2D eigenvalue weighted by molar-refractivity contribution is 6.11. The van der Waals surface area contributed by atoms with Gasteiger partial charge in [0, 0.05) is 33.6 Å². The van der Waals surface area contributed by atoms with Gasteiger partial charge in [0.15, 0.2) is 11.2 Å². The van der Waals surface area contributed by atoms with E-state index >= 15 is 0 Å². The van der Waals surface area contributed by atoms with E-state index < -0.39 is 0 Å². The van der Waals surface area contributed by atoms with Crippen molar-refractivity contribution in [3.63, 3.8) is 0 Å². The van der Waals surface area contributed by atoms with E-state index in [-0.39, 0.29) is 0 Å². The zero-order valence-corrected chi connectivity index (χ0v) is 31.6. The summed E-state index contributed by atoms with van der Waals surface area (Å²) in [5, 5.41) is 18.2. The average molecular weight is 757 g/mol. The van der Waals surface area contributed by atoms with Crippen molar-refractivity contribution in [1.82, 2.24) is 15.2 Å². The molecule has 0 amide bonds. The molecule has 0 radical (unpaired) electrons. The summed E-state index contributed by atoms with van der Waals surface area (Å²) in [6.07, 6.45) is 1.69. The van der Waals surface area contributed by atoms with Gasteiger partial charge in [-0.05, 0) is 122 Å². The van der Waals surface area contributed by atoms with E-state index in [2.05, 4.69) is 161 Å². The number of benzene rings is 9. The van der Waals surface area contributed by atoms with Crippen molar-refractivity contribution in [2.24, 2.45) is 0 Å². The number of aromatic nitrogens is 3. The number of nitrogens with zero attached hydrogens (tertiary/aromatic N) is 4. The Kier molecular flexibility index (Phi) is 7.43. The Morgan fingerprint density at radius 1 is 0.390 bits per heavy atom. The molecule has 0 atom stereocenters. The first-order valence-electron chi connectivity index (χ1n) is 19.7. The minimum atomic E-state index is 0.595. The van der Waals surface area contributed by atoms with Crippen LogP contribution in [0.5, 0.6) is 0 Å². The van der Waals surface area contributed by atoms with Crippen molar-refractivity contribution in [3.05, 3.63) is 194 Å². The topological polar surface area (TPSA) is 68.2 Å². The van der Waals surface area contributed by atoms with Crippen LogP contribution >= 0.6 is 0 Å². The Balaban J connectivity index is 0.950. The van der Waals surface area contributed by atoms with Crippen molar-refractivity contribution < 1.29 is 8.83 Å². The number of hydrogen-bond donors (Lipinski definition) is 0. The van der Waals surface area contributed by atoms with Gasteiger partial charge in [0.1, 0.15) is 16.8 Å². The molecule has 0 saturated carbocycles. The third kappa shape index (κ3) is 5.61. The molecule has 9 aromatic carbocycles. The third-order valence-corrected chi connectivity index (χ3v) is 11.4. The molecule has 0 fully saturated rings. The van der Waals surface area contributed by atoms with Crippen LogP contribution in [-0.4, -0.2) is 15.2 Å². The maximum atomic E-state index is 6.13. The number of fused-ring (bicyclic) bond motifs is 8. The zero-order valence-electron chi connectivity index (χ0n) is 31.6. The predicted octanol–water partition coefficient (Wildman–Crippen LogP) is 14.4. The van der Waals surface area contributed by atoms with Gasteiger partial charge in [-0.25, -0.2) is 4.98 Å². The Morgan fingerprint density at radius 2 is 0.983 bits per heavy atom. The van der Waals surface area contributed by atoms with Crippen LogP contribution in [0.25, 0.3) is 99.2 Å². The van der Waals surface area contributed by atoms with Crippen LogP contribution in [0, 0.1) is 0 Å². The highest BCUT2D eigenvalue weighted by Gasteiger charge is 2.18. The van der Waals surface area contributed by atoms with E-state index in [1.165, 1.54) is 38.1 Å². The van der Waals surface area contributed by atoms with Crippen LogP contribution in [-0.2, 0) is 0 Å². The quantitative estimate of drug-likeness (QED) is 0.157. The maximum Gasteiger partial charge on any atom is 0.227 e. The maximum absolute atomic E-state index is 6.13. The summed E-state index contributed by atoms with van der Waals surface area (Å²) in [5.74, 6) is 0.595. The molecular formula is C53H32N4O2.